The average molecular weight is 399 g/mol. The van der Waals surface area contributed by atoms with Gasteiger partial charge in [-0.2, -0.15) is 0 Å². The molecule has 2 aromatic carbocycles. The molecule has 2 amide bonds. The number of nitrogens with one attached hydrogen (secondary N) is 2. The van der Waals surface area contributed by atoms with Crippen molar-refractivity contribution < 1.29 is 19.6 Å². The van der Waals surface area contributed by atoms with Crippen LogP contribution in [0.1, 0.15) is 43.0 Å². The molecule has 0 bridgehead atoms. The molecule has 0 spiro atoms. The fraction of sp³-hybridized carbons (Fsp3) is 0.391. The standard InChI is InChI=1S/C23H31N3O3/c1-6-20(18-10-12-19(29-5)13-11-18)25-17(4)23(28)24-14-21(27)26-22-15(2)8-7-9-16(22)3/h7-13,17,20,25H,6,14H2,1-5H3,(H,24,28)(H,26,27)/p+1/t17-,20-/m1/s1. The molecular weight excluding hydrogens is 366 g/mol. The Labute approximate surface area is 173 Å². The van der Waals surface area contributed by atoms with Gasteiger partial charge in [0.2, 0.25) is 5.91 Å². The Morgan fingerprint density at radius 2 is 1.69 bits per heavy atom. The van der Waals surface area contributed by atoms with Gasteiger partial charge in [-0.25, -0.2) is 0 Å². The predicted octanol–water partition coefficient (Wildman–Crippen LogP) is 2.47. The van der Waals surface area contributed by atoms with E-state index in [1.165, 1.54) is 0 Å². The smallest absolute Gasteiger partial charge is 0.278 e. The molecule has 0 aliphatic carbocycles. The quantitative estimate of drug-likeness (QED) is 0.607. The molecule has 6 nitrogen and oxygen atoms in total. The lowest BCUT2D eigenvalue weighted by molar-refractivity contribution is -0.713. The number of carbonyl (C=O) groups is 2. The van der Waals surface area contributed by atoms with E-state index < -0.39 is 0 Å². The Hall–Kier alpha value is -2.86. The highest BCUT2D eigenvalue weighted by molar-refractivity contribution is 5.96. The zero-order valence-corrected chi connectivity index (χ0v) is 17.9. The number of nitrogens with two attached hydrogens (primary N) is 1. The number of amides is 2. The second-order valence-electron chi connectivity index (χ2n) is 7.30. The Morgan fingerprint density at radius 1 is 1.07 bits per heavy atom. The number of quaternary nitrogens is 1. The van der Waals surface area contributed by atoms with Crippen molar-refractivity contribution in [3.63, 3.8) is 0 Å². The lowest BCUT2D eigenvalue weighted by Crippen LogP contribution is -2.92. The summed E-state index contributed by atoms with van der Waals surface area (Å²) < 4.78 is 5.20. The summed E-state index contributed by atoms with van der Waals surface area (Å²) >= 11 is 0. The summed E-state index contributed by atoms with van der Waals surface area (Å²) in [4.78, 5) is 24.7. The van der Waals surface area contributed by atoms with E-state index in [2.05, 4.69) is 17.6 Å². The van der Waals surface area contributed by atoms with Gasteiger partial charge in [0.1, 0.15) is 11.8 Å². The van der Waals surface area contributed by atoms with E-state index >= 15 is 0 Å². The van der Waals surface area contributed by atoms with E-state index in [0.717, 1.165) is 34.5 Å². The van der Waals surface area contributed by atoms with Crippen LogP contribution in [-0.4, -0.2) is 31.5 Å². The molecule has 6 heteroatoms. The summed E-state index contributed by atoms with van der Waals surface area (Å²) in [7, 11) is 1.64. The minimum Gasteiger partial charge on any atom is -0.497 e. The fourth-order valence-corrected chi connectivity index (χ4v) is 3.29. The van der Waals surface area contributed by atoms with Crippen LogP contribution in [0.2, 0.25) is 0 Å². The van der Waals surface area contributed by atoms with Crippen LogP contribution < -0.4 is 20.7 Å². The van der Waals surface area contributed by atoms with Crippen LogP contribution in [0.15, 0.2) is 42.5 Å². The third-order valence-corrected chi connectivity index (χ3v) is 5.09. The zero-order valence-electron chi connectivity index (χ0n) is 17.9. The van der Waals surface area contributed by atoms with Crippen LogP contribution in [0.25, 0.3) is 0 Å². The van der Waals surface area contributed by atoms with Crippen molar-refractivity contribution in [3.8, 4) is 5.75 Å². The Balaban J connectivity index is 1.88. The fourth-order valence-electron chi connectivity index (χ4n) is 3.29. The van der Waals surface area contributed by atoms with E-state index in [-0.39, 0.29) is 30.4 Å². The van der Waals surface area contributed by atoms with Crippen molar-refractivity contribution >= 4 is 17.5 Å². The number of benzene rings is 2. The number of methoxy groups -OCH3 is 1. The number of ether oxygens (including phenoxy) is 1. The minimum absolute atomic E-state index is 0.0515. The first-order chi connectivity index (χ1) is 13.8. The van der Waals surface area contributed by atoms with E-state index in [0.29, 0.717) is 0 Å². The first kappa shape index (κ1) is 22.4. The van der Waals surface area contributed by atoms with Crippen molar-refractivity contribution in [2.45, 2.75) is 46.2 Å². The molecule has 0 radical (unpaired) electrons. The van der Waals surface area contributed by atoms with Crippen molar-refractivity contribution in [2.75, 3.05) is 19.0 Å². The molecule has 156 valence electrons. The molecule has 0 unspecified atom stereocenters. The average Bonchev–Trinajstić information content (AvgIpc) is 2.72. The SMILES string of the molecule is CC[C@@H]([NH2+][C@H](C)C(=O)NCC(=O)Nc1c(C)cccc1C)c1ccc(OC)cc1. The molecule has 2 rings (SSSR count). The number of carbonyl (C=O) groups excluding carboxylic acids is 2. The molecular formula is C23H32N3O3+. The maximum atomic E-state index is 12.5. The number of hydrogen-bond donors (Lipinski definition) is 3. The molecule has 29 heavy (non-hydrogen) atoms. The molecule has 0 aromatic heterocycles. The van der Waals surface area contributed by atoms with Gasteiger partial charge >= 0.3 is 0 Å². The van der Waals surface area contributed by atoms with Crippen LogP contribution in [0.4, 0.5) is 5.69 Å². The van der Waals surface area contributed by atoms with Crippen LogP contribution in [0.3, 0.4) is 0 Å². The van der Waals surface area contributed by atoms with Crippen molar-refractivity contribution in [1.29, 1.82) is 0 Å². The van der Waals surface area contributed by atoms with Crippen LogP contribution >= 0.6 is 0 Å². The Morgan fingerprint density at radius 3 is 2.24 bits per heavy atom. The lowest BCUT2D eigenvalue weighted by Gasteiger charge is -2.19. The van der Waals surface area contributed by atoms with Gasteiger partial charge < -0.3 is 20.7 Å². The van der Waals surface area contributed by atoms with Crippen LogP contribution in [0, 0.1) is 13.8 Å². The highest BCUT2D eigenvalue weighted by atomic mass is 16.5. The number of anilines is 1. The number of aryl methyl sites for hydroxylation is 2. The molecule has 0 saturated heterocycles. The first-order valence-electron chi connectivity index (χ1n) is 9.98. The molecule has 2 aromatic rings. The summed E-state index contributed by atoms with van der Waals surface area (Å²) in [5, 5.41) is 7.65. The largest absolute Gasteiger partial charge is 0.497 e. The molecule has 0 saturated carbocycles. The first-order valence-corrected chi connectivity index (χ1v) is 9.98. The Bertz CT molecular complexity index is 814. The summed E-state index contributed by atoms with van der Waals surface area (Å²) in [6.07, 6.45) is 0.886. The van der Waals surface area contributed by atoms with Crippen molar-refractivity contribution in [1.82, 2.24) is 5.32 Å². The van der Waals surface area contributed by atoms with Crippen molar-refractivity contribution in [2.24, 2.45) is 0 Å². The number of rotatable bonds is 9. The third kappa shape index (κ3) is 6.32. The molecule has 2 atom stereocenters. The van der Waals surface area contributed by atoms with Gasteiger partial charge in [-0.05, 0) is 56.2 Å². The summed E-state index contributed by atoms with van der Waals surface area (Å²) in [5.74, 6) is 0.419. The second kappa shape index (κ2) is 10.6. The summed E-state index contributed by atoms with van der Waals surface area (Å²) in [6.45, 7) is 7.79. The van der Waals surface area contributed by atoms with Gasteiger partial charge in [-0.15, -0.1) is 0 Å². The van der Waals surface area contributed by atoms with Gasteiger partial charge in [-0.3, -0.25) is 9.59 Å². The summed E-state index contributed by atoms with van der Waals surface area (Å²) in [6, 6.07) is 13.6. The number of hydrogen-bond acceptors (Lipinski definition) is 3. The third-order valence-electron chi connectivity index (χ3n) is 5.09. The maximum Gasteiger partial charge on any atom is 0.278 e. The van der Waals surface area contributed by atoms with Gasteiger partial charge in [-0.1, -0.05) is 25.1 Å². The molecule has 0 heterocycles. The van der Waals surface area contributed by atoms with E-state index in [1.54, 1.807) is 7.11 Å². The zero-order chi connectivity index (χ0) is 21.4. The Kier molecular flexibility index (Phi) is 8.21. The van der Waals surface area contributed by atoms with E-state index in [4.69, 9.17) is 4.74 Å². The van der Waals surface area contributed by atoms with E-state index in [9.17, 15) is 9.59 Å². The van der Waals surface area contributed by atoms with Crippen molar-refractivity contribution in [3.05, 3.63) is 59.2 Å². The van der Waals surface area contributed by atoms with E-state index in [1.807, 2.05) is 68.6 Å². The predicted molar refractivity (Wildman–Crippen MR) is 115 cm³/mol. The summed E-state index contributed by atoms with van der Waals surface area (Å²) in [5.41, 5.74) is 3.94. The monoisotopic (exact) mass is 398 g/mol. The maximum absolute atomic E-state index is 12.5. The van der Waals surface area contributed by atoms with Crippen LogP contribution in [-0.2, 0) is 9.59 Å². The highest BCUT2D eigenvalue weighted by Crippen LogP contribution is 2.19. The van der Waals surface area contributed by atoms with Gasteiger partial charge in [0.05, 0.1) is 13.7 Å². The number of para-hydroxylation sites is 1. The topological polar surface area (TPSA) is 84.0 Å². The van der Waals surface area contributed by atoms with Gasteiger partial charge in [0.25, 0.3) is 5.91 Å². The second-order valence-corrected chi connectivity index (χ2v) is 7.30. The van der Waals surface area contributed by atoms with Gasteiger partial charge in [0.15, 0.2) is 6.04 Å². The molecule has 4 N–H and O–H groups in total. The molecule has 0 aliphatic heterocycles. The minimum atomic E-state index is -0.310. The molecule has 0 fully saturated rings. The van der Waals surface area contributed by atoms with Crippen LogP contribution in [0.5, 0.6) is 5.75 Å². The normalized spacial score (nSPS) is 12.7. The molecule has 0 aliphatic rings. The van der Waals surface area contributed by atoms with Gasteiger partial charge in [0, 0.05) is 17.7 Å². The lowest BCUT2D eigenvalue weighted by atomic mass is 10.0. The highest BCUT2D eigenvalue weighted by Gasteiger charge is 2.22.